The molecule has 0 fully saturated rings. The molecular weight excluding hydrogens is 154 g/mol. The van der Waals surface area contributed by atoms with E-state index in [1.54, 1.807) is 0 Å². The number of fused-ring (bicyclic) bond motifs is 1. The summed E-state index contributed by atoms with van der Waals surface area (Å²) < 4.78 is 0. The summed E-state index contributed by atoms with van der Waals surface area (Å²) in [5, 5.41) is 3.31. The van der Waals surface area contributed by atoms with Crippen LogP contribution in [0.4, 0.5) is 5.69 Å². The maximum absolute atomic E-state index is 5.22. The van der Waals surface area contributed by atoms with Gasteiger partial charge in [0.25, 0.3) is 0 Å². The first kappa shape index (κ1) is 6.80. The van der Waals surface area contributed by atoms with Gasteiger partial charge in [0.05, 0.1) is 0 Å². The summed E-state index contributed by atoms with van der Waals surface area (Å²) in [5.41, 5.74) is 2.39. The minimum atomic E-state index is 0.982. The second-order valence-corrected chi connectivity index (χ2v) is 3.14. The van der Waals surface area contributed by atoms with Crippen LogP contribution in [-0.4, -0.2) is 11.4 Å². The van der Waals surface area contributed by atoms with E-state index in [1.165, 1.54) is 11.3 Å². The molecule has 0 radical (unpaired) electrons. The molecule has 11 heavy (non-hydrogen) atoms. The molecule has 1 aliphatic rings. The molecule has 0 bridgehead atoms. The van der Waals surface area contributed by atoms with Gasteiger partial charge in [-0.2, -0.15) is 0 Å². The van der Waals surface area contributed by atoms with Crippen molar-refractivity contribution >= 4 is 22.8 Å². The average Bonchev–Trinajstić information content (AvgIpc) is 2.06. The molecule has 0 aliphatic carbocycles. The monoisotopic (exact) mass is 163 g/mol. The number of benzene rings is 1. The van der Waals surface area contributed by atoms with Gasteiger partial charge in [-0.15, -0.1) is 0 Å². The Morgan fingerprint density at radius 1 is 1.27 bits per heavy atom. The van der Waals surface area contributed by atoms with Gasteiger partial charge in [0.15, 0.2) is 0 Å². The van der Waals surface area contributed by atoms with Crippen molar-refractivity contribution in [2.45, 2.75) is 6.42 Å². The molecule has 0 amide bonds. The minimum absolute atomic E-state index is 0.982. The Labute approximate surface area is 71.4 Å². The van der Waals surface area contributed by atoms with Crippen LogP contribution in [0.2, 0.25) is 0 Å². The highest BCUT2D eigenvalue weighted by atomic mass is 32.1. The molecule has 0 saturated heterocycles. The van der Waals surface area contributed by atoms with Gasteiger partial charge in [-0.05, 0) is 6.07 Å². The molecule has 0 aromatic heterocycles. The van der Waals surface area contributed by atoms with Crippen LogP contribution >= 0.6 is 12.2 Å². The Morgan fingerprint density at radius 3 is 2.91 bits per heavy atom. The first-order valence-electron chi connectivity index (χ1n) is 3.74. The van der Waals surface area contributed by atoms with Crippen molar-refractivity contribution in [2.24, 2.45) is 0 Å². The lowest BCUT2D eigenvalue weighted by Crippen LogP contribution is -2.16. The predicted octanol–water partition coefficient (Wildman–Crippen LogP) is 2.22. The van der Waals surface area contributed by atoms with Crippen molar-refractivity contribution in [2.75, 3.05) is 11.9 Å². The molecule has 1 nitrogen and oxygen atoms in total. The summed E-state index contributed by atoms with van der Waals surface area (Å²) in [6.45, 7) is 0.982. The molecule has 2 rings (SSSR count). The van der Waals surface area contributed by atoms with E-state index in [0.717, 1.165) is 17.8 Å². The van der Waals surface area contributed by atoms with Gasteiger partial charge in [0.1, 0.15) is 0 Å². The Hall–Kier alpha value is -0.890. The molecule has 0 atom stereocenters. The van der Waals surface area contributed by atoms with E-state index in [4.69, 9.17) is 12.2 Å². The van der Waals surface area contributed by atoms with Gasteiger partial charge in [0, 0.05) is 29.1 Å². The van der Waals surface area contributed by atoms with Crippen LogP contribution in [0.1, 0.15) is 12.0 Å². The minimum Gasteiger partial charge on any atom is -0.384 e. The van der Waals surface area contributed by atoms with Crippen molar-refractivity contribution in [3.8, 4) is 0 Å². The highest BCUT2D eigenvalue weighted by Gasteiger charge is 2.10. The lowest BCUT2D eigenvalue weighted by Gasteiger charge is -2.17. The standard InChI is InChI=1S/C9H9NS/c11-9-5-6-10-8-4-2-1-3-7(8)9/h1-4,10H,5-6H2. The number of rotatable bonds is 0. The molecule has 0 saturated carbocycles. The second kappa shape index (κ2) is 2.62. The second-order valence-electron chi connectivity index (χ2n) is 2.65. The number of nitrogens with one attached hydrogen (secondary N) is 1. The topological polar surface area (TPSA) is 12.0 Å². The van der Waals surface area contributed by atoms with Crippen LogP contribution in [0.25, 0.3) is 0 Å². The lowest BCUT2D eigenvalue weighted by molar-refractivity contribution is 1.09. The quantitative estimate of drug-likeness (QED) is 0.588. The number of para-hydroxylation sites is 1. The maximum Gasteiger partial charge on any atom is 0.0425 e. The normalized spacial score (nSPS) is 15.5. The van der Waals surface area contributed by atoms with E-state index < -0.39 is 0 Å². The Morgan fingerprint density at radius 2 is 2.09 bits per heavy atom. The van der Waals surface area contributed by atoms with Crippen LogP contribution in [0.5, 0.6) is 0 Å². The van der Waals surface area contributed by atoms with Crippen LogP contribution in [-0.2, 0) is 0 Å². The zero-order valence-corrected chi connectivity index (χ0v) is 6.95. The molecule has 1 aromatic rings. The van der Waals surface area contributed by atoms with Crippen LogP contribution in [0.3, 0.4) is 0 Å². The fourth-order valence-electron chi connectivity index (χ4n) is 1.33. The zero-order chi connectivity index (χ0) is 7.68. The first-order chi connectivity index (χ1) is 5.38. The molecule has 1 heterocycles. The average molecular weight is 163 g/mol. The summed E-state index contributed by atoms with van der Waals surface area (Å²) in [6, 6.07) is 8.20. The predicted molar refractivity (Wildman–Crippen MR) is 51.2 cm³/mol. The van der Waals surface area contributed by atoms with E-state index in [1.807, 2.05) is 12.1 Å². The molecule has 56 valence electrons. The van der Waals surface area contributed by atoms with Crippen molar-refractivity contribution in [1.29, 1.82) is 0 Å². The first-order valence-corrected chi connectivity index (χ1v) is 4.15. The molecular formula is C9H9NS. The maximum atomic E-state index is 5.22. The van der Waals surface area contributed by atoms with Crippen LogP contribution in [0.15, 0.2) is 24.3 Å². The van der Waals surface area contributed by atoms with Gasteiger partial charge in [-0.25, -0.2) is 0 Å². The third-order valence-electron chi connectivity index (χ3n) is 1.89. The van der Waals surface area contributed by atoms with Crippen molar-refractivity contribution in [1.82, 2.24) is 0 Å². The molecule has 1 aromatic carbocycles. The fourth-order valence-corrected chi connectivity index (χ4v) is 1.61. The Balaban J connectivity index is 2.52. The summed E-state index contributed by atoms with van der Waals surface area (Å²) >= 11 is 5.22. The largest absolute Gasteiger partial charge is 0.384 e. The third-order valence-corrected chi connectivity index (χ3v) is 2.32. The van der Waals surface area contributed by atoms with Crippen molar-refractivity contribution < 1.29 is 0 Å². The van der Waals surface area contributed by atoms with Gasteiger partial charge >= 0.3 is 0 Å². The van der Waals surface area contributed by atoms with E-state index in [2.05, 4.69) is 17.4 Å². The van der Waals surface area contributed by atoms with Gasteiger partial charge in [0.2, 0.25) is 0 Å². The van der Waals surface area contributed by atoms with Crippen molar-refractivity contribution in [3.63, 3.8) is 0 Å². The fraction of sp³-hybridized carbons (Fsp3) is 0.222. The van der Waals surface area contributed by atoms with Gasteiger partial charge in [-0.1, -0.05) is 30.4 Å². The molecule has 0 unspecified atom stereocenters. The molecule has 1 N–H and O–H groups in total. The lowest BCUT2D eigenvalue weighted by atomic mass is 10.0. The summed E-state index contributed by atoms with van der Waals surface area (Å²) in [6.07, 6.45) is 0.992. The van der Waals surface area contributed by atoms with E-state index in [0.29, 0.717) is 0 Å². The SMILES string of the molecule is S=C1CCNc2ccccc21. The summed E-state index contributed by atoms with van der Waals surface area (Å²) in [5.74, 6) is 0. The summed E-state index contributed by atoms with van der Waals surface area (Å²) in [7, 11) is 0. The van der Waals surface area contributed by atoms with Crippen LogP contribution < -0.4 is 5.32 Å². The number of hydrogen-bond donors (Lipinski definition) is 1. The molecule has 0 spiro atoms. The molecule has 2 heteroatoms. The van der Waals surface area contributed by atoms with Crippen molar-refractivity contribution in [3.05, 3.63) is 29.8 Å². The smallest absolute Gasteiger partial charge is 0.0425 e. The van der Waals surface area contributed by atoms with Gasteiger partial charge in [-0.3, -0.25) is 0 Å². The number of anilines is 1. The Kier molecular flexibility index (Phi) is 1.62. The van der Waals surface area contributed by atoms with E-state index in [9.17, 15) is 0 Å². The zero-order valence-electron chi connectivity index (χ0n) is 6.13. The van der Waals surface area contributed by atoms with E-state index >= 15 is 0 Å². The summed E-state index contributed by atoms with van der Waals surface area (Å²) in [4.78, 5) is 1.08. The third kappa shape index (κ3) is 1.14. The van der Waals surface area contributed by atoms with Crippen LogP contribution in [0, 0.1) is 0 Å². The highest BCUT2D eigenvalue weighted by Crippen LogP contribution is 2.21. The van der Waals surface area contributed by atoms with Gasteiger partial charge < -0.3 is 5.32 Å². The Bertz CT molecular complexity index is 293. The molecule has 1 aliphatic heterocycles. The number of thiocarbonyl (C=S) groups is 1. The number of hydrogen-bond acceptors (Lipinski definition) is 2. The van der Waals surface area contributed by atoms with E-state index in [-0.39, 0.29) is 0 Å². The highest BCUT2D eigenvalue weighted by molar-refractivity contribution is 7.80.